The number of nitrogens with zero attached hydrogens (tertiary/aromatic N) is 3. The van der Waals surface area contributed by atoms with Crippen molar-refractivity contribution in [1.82, 2.24) is 14.1 Å². The Bertz CT molecular complexity index is 2280. The predicted molar refractivity (Wildman–Crippen MR) is 173 cm³/mol. The number of imidazole rings is 1. The molecule has 0 spiro atoms. The molecule has 0 radical (unpaired) electrons. The van der Waals surface area contributed by atoms with Crippen LogP contribution >= 0.6 is 0 Å². The highest BCUT2D eigenvalue weighted by Gasteiger charge is 2.34. The minimum absolute atomic E-state index is 0.176. The highest BCUT2D eigenvalue weighted by molar-refractivity contribution is 6.42. The molecule has 0 unspecified atom stereocenters. The molecule has 2 heterocycles. The maximum Gasteiger partial charge on any atom is 0.197 e. The van der Waals surface area contributed by atoms with Gasteiger partial charge in [0.05, 0.1) is 22.5 Å². The second-order valence-corrected chi connectivity index (χ2v) is 11.3. The van der Waals surface area contributed by atoms with Gasteiger partial charge < -0.3 is 4.57 Å². The van der Waals surface area contributed by atoms with E-state index in [9.17, 15) is 9.59 Å². The number of hydrogen-bond acceptors (Lipinski definition) is 3. The van der Waals surface area contributed by atoms with Crippen LogP contribution in [0.25, 0.3) is 55.9 Å². The molecule has 5 heteroatoms. The Morgan fingerprint density at radius 1 is 0.651 bits per heavy atom. The molecule has 0 fully saturated rings. The Balaban J connectivity index is 1.37. The van der Waals surface area contributed by atoms with Gasteiger partial charge in [-0.05, 0) is 70.8 Å². The van der Waals surface area contributed by atoms with Crippen LogP contribution in [0.1, 0.15) is 37.5 Å². The largest absolute Gasteiger partial charge is 0.326 e. The number of ketones is 2. The van der Waals surface area contributed by atoms with Crippen LogP contribution in [0.5, 0.6) is 0 Å². The van der Waals surface area contributed by atoms with Crippen LogP contribution in [0, 0.1) is 13.8 Å². The Labute approximate surface area is 248 Å². The third-order valence-corrected chi connectivity index (χ3v) is 8.72. The molecule has 0 saturated heterocycles. The topological polar surface area (TPSA) is 56.9 Å². The fourth-order valence-corrected chi connectivity index (χ4v) is 6.60. The van der Waals surface area contributed by atoms with E-state index in [0.29, 0.717) is 11.1 Å². The molecular weight excluding hydrogens is 530 g/mol. The molecule has 43 heavy (non-hydrogen) atoms. The third-order valence-electron chi connectivity index (χ3n) is 8.72. The van der Waals surface area contributed by atoms with E-state index in [4.69, 9.17) is 4.98 Å². The van der Waals surface area contributed by atoms with Gasteiger partial charge in [0.1, 0.15) is 5.82 Å². The first kappa shape index (κ1) is 25.2. The molecule has 206 valence electrons. The molecule has 2 aromatic heterocycles. The van der Waals surface area contributed by atoms with Gasteiger partial charge in [-0.2, -0.15) is 0 Å². The summed E-state index contributed by atoms with van der Waals surface area (Å²) >= 11 is 0. The summed E-state index contributed by atoms with van der Waals surface area (Å²) in [6, 6.07) is 34.3. The number of fused-ring (bicyclic) bond motifs is 4. The van der Waals surface area contributed by atoms with E-state index < -0.39 is 0 Å². The highest BCUT2D eigenvalue weighted by atomic mass is 16.2. The lowest BCUT2D eigenvalue weighted by atomic mass is 10.0. The van der Waals surface area contributed by atoms with Crippen molar-refractivity contribution < 1.29 is 9.59 Å². The van der Waals surface area contributed by atoms with Crippen LogP contribution < -0.4 is 0 Å². The second kappa shape index (κ2) is 9.23. The average Bonchev–Trinajstić information content (AvgIpc) is 3.60. The van der Waals surface area contributed by atoms with Gasteiger partial charge in [-0.25, -0.2) is 4.98 Å². The number of aromatic nitrogens is 3. The van der Waals surface area contributed by atoms with E-state index in [1.165, 1.54) is 0 Å². The molecular formula is C38H27N3O2. The molecule has 1 aliphatic carbocycles. The number of carbonyl (C=O) groups is 2. The lowest BCUT2D eigenvalue weighted by Crippen LogP contribution is -2.05. The second-order valence-electron chi connectivity index (χ2n) is 11.3. The van der Waals surface area contributed by atoms with Crippen LogP contribution in [-0.2, 0) is 7.05 Å². The predicted octanol–water partition coefficient (Wildman–Crippen LogP) is 8.42. The molecule has 0 amide bonds. The van der Waals surface area contributed by atoms with Crippen molar-refractivity contribution >= 4 is 50.4 Å². The maximum absolute atomic E-state index is 13.7. The number of rotatable bonds is 3. The SMILES string of the molecule is Cc1cccc(C)c1-n1c(C=C2C(=O)c3cc4ccccc4cc3C2=O)cc2c1nc(-c1cccc3ccccc13)n2C. The number of aryl methyl sites for hydroxylation is 3. The van der Waals surface area contributed by atoms with Gasteiger partial charge >= 0.3 is 0 Å². The number of Topliss-reactive ketones (excluding diaryl/α,β-unsaturated/α-hetero) is 2. The van der Waals surface area contributed by atoms with Gasteiger partial charge in [0.15, 0.2) is 17.2 Å². The van der Waals surface area contributed by atoms with Crippen molar-refractivity contribution in [1.29, 1.82) is 0 Å². The molecule has 1 aliphatic rings. The molecule has 0 aliphatic heterocycles. The van der Waals surface area contributed by atoms with Gasteiger partial charge in [-0.1, -0.05) is 84.9 Å². The summed E-state index contributed by atoms with van der Waals surface area (Å²) in [7, 11) is 2.02. The van der Waals surface area contributed by atoms with Crippen LogP contribution in [-0.4, -0.2) is 25.7 Å². The number of benzene rings is 5. The first-order valence-electron chi connectivity index (χ1n) is 14.4. The summed E-state index contributed by atoms with van der Waals surface area (Å²) in [5.41, 5.74) is 7.72. The molecule has 0 atom stereocenters. The zero-order valence-corrected chi connectivity index (χ0v) is 24.1. The zero-order chi connectivity index (χ0) is 29.4. The van der Waals surface area contributed by atoms with Crippen LogP contribution in [0.3, 0.4) is 0 Å². The Hall–Kier alpha value is -5.55. The third kappa shape index (κ3) is 3.68. The number of hydrogen-bond donors (Lipinski definition) is 0. The molecule has 0 N–H and O–H groups in total. The summed E-state index contributed by atoms with van der Waals surface area (Å²) in [5.74, 6) is 0.370. The molecule has 8 rings (SSSR count). The van der Waals surface area contributed by atoms with E-state index in [2.05, 4.69) is 65.4 Å². The van der Waals surface area contributed by atoms with E-state index in [0.717, 1.165) is 66.6 Å². The molecule has 0 saturated carbocycles. The van der Waals surface area contributed by atoms with E-state index in [1.807, 2.05) is 67.7 Å². The van der Waals surface area contributed by atoms with E-state index in [1.54, 1.807) is 6.08 Å². The lowest BCUT2D eigenvalue weighted by molar-refractivity contribution is 0.0990. The molecule has 5 nitrogen and oxygen atoms in total. The lowest BCUT2D eigenvalue weighted by Gasteiger charge is -2.14. The van der Waals surface area contributed by atoms with Crippen LogP contribution in [0.4, 0.5) is 0 Å². The maximum atomic E-state index is 13.7. The molecule has 0 bridgehead atoms. The van der Waals surface area contributed by atoms with Crippen molar-refractivity contribution in [2.45, 2.75) is 13.8 Å². The summed E-state index contributed by atoms with van der Waals surface area (Å²) in [6.07, 6.45) is 1.75. The van der Waals surface area contributed by atoms with Gasteiger partial charge in [0, 0.05) is 23.7 Å². The Morgan fingerprint density at radius 3 is 1.91 bits per heavy atom. The quantitative estimate of drug-likeness (QED) is 0.162. The number of allylic oxidation sites excluding steroid dienone is 1. The monoisotopic (exact) mass is 557 g/mol. The fraction of sp³-hybridized carbons (Fsp3) is 0.0789. The van der Waals surface area contributed by atoms with Gasteiger partial charge in [0.25, 0.3) is 0 Å². The minimum Gasteiger partial charge on any atom is -0.326 e. The number of carbonyl (C=O) groups excluding carboxylic acids is 2. The standard InChI is InChI=1S/C38H27N3O2/c1-22-10-8-11-23(2)34(22)41-27(20-32-35(42)30-18-25-13-4-5-14-26(25)19-31(30)36(32)43)21-33-38(41)39-37(40(33)3)29-17-9-15-24-12-6-7-16-28(24)29/h4-21H,1-3H3. The molecule has 5 aromatic carbocycles. The summed E-state index contributed by atoms with van der Waals surface area (Å²) < 4.78 is 4.20. The van der Waals surface area contributed by atoms with E-state index >= 15 is 0 Å². The highest BCUT2D eigenvalue weighted by Crippen LogP contribution is 2.37. The zero-order valence-electron chi connectivity index (χ0n) is 24.1. The van der Waals surface area contributed by atoms with Gasteiger partial charge in [0.2, 0.25) is 0 Å². The van der Waals surface area contributed by atoms with Crippen molar-refractivity contribution in [2.75, 3.05) is 0 Å². The summed E-state index contributed by atoms with van der Waals surface area (Å²) in [6.45, 7) is 4.15. The Morgan fingerprint density at radius 2 is 1.23 bits per heavy atom. The Kier molecular flexibility index (Phi) is 5.41. The van der Waals surface area contributed by atoms with Gasteiger partial charge in [-0.15, -0.1) is 0 Å². The first-order chi connectivity index (χ1) is 20.9. The van der Waals surface area contributed by atoms with Crippen molar-refractivity contribution in [3.8, 4) is 17.1 Å². The van der Waals surface area contributed by atoms with Crippen LogP contribution in [0.15, 0.2) is 109 Å². The normalized spacial score (nSPS) is 13.0. The number of para-hydroxylation sites is 1. The summed E-state index contributed by atoms with van der Waals surface area (Å²) in [5, 5.41) is 4.17. The van der Waals surface area contributed by atoms with Crippen molar-refractivity contribution in [3.63, 3.8) is 0 Å². The van der Waals surface area contributed by atoms with E-state index in [-0.39, 0.29) is 17.1 Å². The average molecular weight is 558 g/mol. The fourth-order valence-electron chi connectivity index (χ4n) is 6.60. The van der Waals surface area contributed by atoms with Crippen molar-refractivity contribution in [3.05, 3.63) is 137 Å². The smallest absolute Gasteiger partial charge is 0.197 e. The minimum atomic E-state index is -0.242. The van der Waals surface area contributed by atoms with Gasteiger partial charge in [-0.3, -0.25) is 14.2 Å². The molecule has 7 aromatic rings. The summed E-state index contributed by atoms with van der Waals surface area (Å²) in [4.78, 5) is 32.6. The van der Waals surface area contributed by atoms with Crippen molar-refractivity contribution in [2.24, 2.45) is 7.05 Å². The van der Waals surface area contributed by atoms with Crippen LogP contribution in [0.2, 0.25) is 0 Å². The first-order valence-corrected chi connectivity index (χ1v) is 14.4.